The quantitative estimate of drug-likeness (QED) is 0.773. The van der Waals surface area contributed by atoms with Crippen LogP contribution in [0.3, 0.4) is 0 Å². The van der Waals surface area contributed by atoms with E-state index in [9.17, 15) is 9.18 Å². The van der Waals surface area contributed by atoms with Crippen molar-refractivity contribution in [1.82, 2.24) is 19.9 Å². The highest BCUT2D eigenvalue weighted by Gasteiger charge is 2.27. The minimum atomic E-state index is -0.756. The molecule has 0 radical (unpaired) electrons. The molecular formula is C19H15FN4O. The van der Waals surface area contributed by atoms with E-state index < -0.39 is 6.04 Å². The van der Waals surface area contributed by atoms with Crippen LogP contribution in [-0.2, 0) is 4.79 Å². The maximum atomic E-state index is 14.4. The van der Waals surface area contributed by atoms with Crippen molar-refractivity contribution in [3.63, 3.8) is 0 Å². The first-order chi connectivity index (χ1) is 12.1. The minimum absolute atomic E-state index is 0.219. The number of rotatable bonds is 2. The summed E-state index contributed by atoms with van der Waals surface area (Å²) in [4.78, 5) is 25.2. The molecule has 3 heterocycles. The average Bonchev–Trinajstić information content (AvgIpc) is 3.05. The zero-order chi connectivity index (χ0) is 17.4. The zero-order valence-electron chi connectivity index (χ0n) is 13.5. The fourth-order valence-corrected chi connectivity index (χ4v) is 2.97. The number of H-pyrrole nitrogens is 1. The molecule has 1 atom stereocenters. The number of benzene rings is 1. The van der Waals surface area contributed by atoms with Gasteiger partial charge in [0.1, 0.15) is 17.6 Å². The average molecular weight is 334 g/mol. The van der Waals surface area contributed by atoms with Crippen LogP contribution in [0.1, 0.15) is 18.5 Å². The van der Waals surface area contributed by atoms with Crippen molar-refractivity contribution < 1.29 is 9.18 Å². The first-order valence-corrected chi connectivity index (χ1v) is 7.87. The third-order valence-electron chi connectivity index (χ3n) is 4.13. The summed E-state index contributed by atoms with van der Waals surface area (Å²) < 4.78 is 14.4. The normalized spacial score (nSPS) is 17.0. The van der Waals surface area contributed by atoms with Crippen molar-refractivity contribution in [1.29, 1.82) is 0 Å². The molecule has 0 spiro atoms. The number of nitrogens with one attached hydrogen (secondary N) is 1. The monoisotopic (exact) mass is 334 g/mol. The lowest BCUT2D eigenvalue weighted by atomic mass is 10.0. The Hall–Kier alpha value is -3.28. The molecule has 1 amide bonds. The van der Waals surface area contributed by atoms with E-state index in [1.54, 1.807) is 18.5 Å². The molecule has 0 fully saturated rings. The Labute approximate surface area is 143 Å². The number of aromatic nitrogens is 3. The number of carbonyl (C=O) groups is 1. The Bertz CT molecular complexity index is 1010. The number of hydrogen-bond acceptors (Lipinski definition) is 3. The number of amides is 1. The van der Waals surface area contributed by atoms with Gasteiger partial charge in [-0.05, 0) is 42.0 Å². The van der Waals surface area contributed by atoms with Crippen LogP contribution >= 0.6 is 0 Å². The van der Waals surface area contributed by atoms with Gasteiger partial charge in [-0.2, -0.15) is 0 Å². The number of carbonyl (C=O) groups excluding carboxylic acids is 1. The van der Waals surface area contributed by atoms with Crippen LogP contribution in [0.2, 0.25) is 0 Å². The molecule has 1 aromatic carbocycles. The molecule has 124 valence electrons. The van der Waals surface area contributed by atoms with Gasteiger partial charge in [0, 0.05) is 19.3 Å². The smallest absolute Gasteiger partial charge is 0.224 e. The van der Waals surface area contributed by atoms with Gasteiger partial charge in [0.2, 0.25) is 5.91 Å². The summed E-state index contributed by atoms with van der Waals surface area (Å²) >= 11 is 0. The molecule has 1 unspecified atom stereocenters. The van der Waals surface area contributed by atoms with Crippen LogP contribution in [0.4, 0.5) is 4.39 Å². The van der Waals surface area contributed by atoms with E-state index in [1.807, 2.05) is 30.3 Å². The summed E-state index contributed by atoms with van der Waals surface area (Å²) in [6.45, 7) is 1.42. The molecule has 0 bridgehead atoms. The maximum Gasteiger partial charge on any atom is 0.224 e. The van der Waals surface area contributed by atoms with Crippen LogP contribution in [0.15, 0.2) is 66.8 Å². The fraction of sp³-hybridized carbons (Fsp3) is 0.105. The van der Waals surface area contributed by atoms with Gasteiger partial charge in [-0.1, -0.05) is 12.1 Å². The third-order valence-corrected chi connectivity index (χ3v) is 4.13. The summed E-state index contributed by atoms with van der Waals surface area (Å²) in [5.41, 5.74) is 2.94. The van der Waals surface area contributed by atoms with Crippen molar-refractivity contribution in [2.24, 2.45) is 0 Å². The summed E-state index contributed by atoms with van der Waals surface area (Å²) in [7, 11) is 0. The number of hydrogen-bond donors (Lipinski definition) is 1. The second-order valence-corrected chi connectivity index (χ2v) is 5.80. The van der Waals surface area contributed by atoms with Crippen LogP contribution in [-0.4, -0.2) is 25.8 Å². The maximum absolute atomic E-state index is 14.4. The molecule has 25 heavy (non-hydrogen) atoms. The largest absolute Gasteiger partial charge is 0.337 e. The van der Waals surface area contributed by atoms with Gasteiger partial charge < -0.3 is 9.88 Å². The molecule has 1 aliphatic rings. The predicted octanol–water partition coefficient (Wildman–Crippen LogP) is 3.90. The molecule has 0 aliphatic carbocycles. The third kappa shape index (κ3) is 2.71. The van der Waals surface area contributed by atoms with Crippen LogP contribution in [0, 0.1) is 0 Å². The Kier molecular flexibility index (Phi) is 3.65. The Balaban J connectivity index is 1.77. The summed E-state index contributed by atoms with van der Waals surface area (Å²) in [6, 6.07) is 10.3. The second kappa shape index (κ2) is 5.98. The van der Waals surface area contributed by atoms with E-state index in [1.165, 1.54) is 24.0 Å². The van der Waals surface area contributed by atoms with Crippen LogP contribution in [0.5, 0.6) is 0 Å². The van der Waals surface area contributed by atoms with Crippen molar-refractivity contribution in [3.05, 3.63) is 72.3 Å². The lowest BCUT2D eigenvalue weighted by Crippen LogP contribution is -2.30. The Morgan fingerprint density at radius 3 is 2.92 bits per heavy atom. The number of aromatic amines is 1. The summed E-state index contributed by atoms with van der Waals surface area (Å²) in [5, 5.41) is 0. The van der Waals surface area contributed by atoms with Gasteiger partial charge in [0.05, 0.1) is 11.0 Å². The number of imidazole rings is 1. The van der Waals surface area contributed by atoms with Crippen molar-refractivity contribution in [2.75, 3.05) is 0 Å². The number of nitrogens with zero attached hydrogens (tertiary/aromatic N) is 3. The van der Waals surface area contributed by atoms with Gasteiger partial charge in [-0.3, -0.25) is 9.78 Å². The van der Waals surface area contributed by atoms with E-state index >= 15 is 0 Å². The van der Waals surface area contributed by atoms with Crippen molar-refractivity contribution in [2.45, 2.75) is 13.0 Å². The molecule has 3 aromatic rings. The first-order valence-electron chi connectivity index (χ1n) is 7.87. The molecule has 0 saturated heterocycles. The standard InChI is InChI=1S/C19H15FN4O/c1-12(25)24-10-4-5-14(20)18(24)13-7-8-15-17(11-13)23-19(22-15)16-6-2-3-9-21-16/h2-11,18H,1H3,(H,22,23). The molecule has 6 heteroatoms. The van der Waals surface area contributed by atoms with Gasteiger partial charge in [0.15, 0.2) is 5.82 Å². The molecule has 0 saturated carbocycles. The molecule has 1 aliphatic heterocycles. The number of fused-ring (bicyclic) bond motifs is 1. The second-order valence-electron chi connectivity index (χ2n) is 5.80. The lowest BCUT2D eigenvalue weighted by Gasteiger charge is -2.29. The van der Waals surface area contributed by atoms with E-state index in [0.29, 0.717) is 11.4 Å². The minimum Gasteiger partial charge on any atom is -0.337 e. The van der Waals surface area contributed by atoms with Gasteiger partial charge >= 0.3 is 0 Å². The summed E-state index contributed by atoms with van der Waals surface area (Å²) in [6.07, 6.45) is 6.20. The lowest BCUT2D eigenvalue weighted by molar-refractivity contribution is -0.128. The number of allylic oxidation sites excluding steroid dienone is 2. The van der Waals surface area contributed by atoms with E-state index in [-0.39, 0.29) is 11.7 Å². The summed E-state index contributed by atoms with van der Waals surface area (Å²) in [5.74, 6) is 0.0561. The molecule has 1 N–H and O–H groups in total. The molecule has 4 rings (SSSR count). The van der Waals surface area contributed by atoms with Crippen LogP contribution < -0.4 is 0 Å². The topological polar surface area (TPSA) is 61.9 Å². The molecule has 5 nitrogen and oxygen atoms in total. The van der Waals surface area contributed by atoms with Crippen molar-refractivity contribution >= 4 is 16.9 Å². The van der Waals surface area contributed by atoms with E-state index in [0.717, 1.165) is 16.7 Å². The molecular weight excluding hydrogens is 319 g/mol. The predicted molar refractivity (Wildman–Crippen MR) is 92.9 cm³/mol. The Morgan fingerprint density at radius 1 is 1.28 bits per heavy atom. The number of halogens is 1. The van der Waals surface area contributed by atoms with Crippen molar-refractivity contribution in [3.8, 4) is 11.5 Å². The van der Waals surface area contributed by atoms with Gasteiger partial charge in [0.25, 0.3) is 0 Å². The highest BCUT2D eigenvalue weighted by atomic mass is 19.1. The zero-order valence-corrected chi connectivity index (χ0v) is 13.5. The number of pyridine rings is 1. The Morgan fingerprint density at radius 2 is 2.16 bits per heavy atom. The van der Waals surface area contributed by atoms with Gasteiger partial charge in [-0.25, -0.2) is 9.37 Å². The SMILES string of the molecule is CC(=O)N1C=CC=C(F)C1c1ccc2nc(-c3ccccn3)[nH]c2c1. The highest BCUT2D eigenvalue weighted by Crippen LogP contribution is 2.34. The fourth-order valence-electron chi connectivity index (χ4n) is 2.97. The van der Waals surface area contributed by atoms with Gasteiger partial charge in [-0.15, -0.1) is 0 Å². The highest BCUT2D eigenvalue weighted by molar-refractivity contribution is 5.80. The van der Waals surface area contributed by atoms with E-state index in [4.69, 9.17) is 0 Å². The first kappa shape index (κ1) is 15.3. The van der Waals surface area contributed by atoms with Crippen LogP contribution in [0.25, 0.3) is 22.6 Å². The van der Waals surface area contributed by atoms with E-state index in [2.05, 4.69) is 15.0 Å². The molecule has 2 aromatic heterocycles.